The smallest absolute Gasteiger partial charge is 0.312 e. The standard InChI is InChI=1S/C55H62F3N9O8S/c1-5-74-53-49(23-42-45(58)28-61-50(42)62-53)75-48-21-36(11-12-41(48)52(68)63-76(72,73)38-22-46(67(70)71)51(60-27-38)59-26-34-14-16-54(4,69)17-15-34)65-31-55(32-65)24-37(25-55)66-19-18-64(29-35-10-13-43(56)44(57)20-35)30-47(66)40-9-7-6-8-39(40)33(2)3/h6-13,20-23,27-28,33-34,37,47,69H,5,14-19,24-26,29-32H2,1-4H3,(H,59,60)(H,61,62)(H,63,68)/t34?,47-,54?/m0/s1. The maximum Gasteiger partial charge on any atom is 0.312 e. The number of hydrogen-bond acceptors (Lipinski definition) is 14. The molecule has 1 atom stereocenters. The monoisotopic (exact) mass is 1070 g/mol. The van der Waals surface area contributed by atoms with Crippen molar-refractivity contribution in [2.75, 3.05) is 56.1 Å². The maximum atomic E-state index is 15.0. The van der Waals surface area contributed by atoms with Crippen LogP contribution in [0.4, 0.5) is 30.4 Å². The average molecular weight is 1070 g/mol. The fourth-order valence-electron chi connectivity index (χ4n) is 11.6. The highest BCUT2D eigenvalue weighted by Gasteiger charge is 2.55. The van der Waals surface area contributed by atoms with Crippen LogP contribution < -0.4 is 24.4 Å². The molecule has 6 aromatic rings. The SMILES string of the molecule is CCOc1nc2[nH]cc(F)c2cc1Oc1cc(N2CC3(CC(N4CCN(Cc5ccc(F)c(F)c5)C[C@H]4c4ccccc4C(C)C)C3)C2)ccc1C(=O)NS(=O)(=O)c1cnc(NCC2CCC(C)(O)CC2)c([N+](=O)[O-])c1. The topological polar surface area (TPSA) is 208 Å². The Morgan fingerprint density at radius 2 is 1.75 bits per heavy atom. The van der Waals surface area contributed by atoms with E-state index >= 15 is 0 Å². The molecule has 3 aromatic carbocycles. The molecule has 2 aliphatic heterocycles. The first kappa shape index (κ1) is 52.6. The van der Waals surface area contributed by atoms with Crippen molar-refractivity contribution in [3.05, 3.63) is 135 Å². The van der Waals surface area contributed by atoms with Gasteiger partial charge in [0.2, 0.25) is 5.82 Å². The number of aliphatic hydroxyl groups is 1. The molecule has 2 aliphatic carbocycles. The molecular weight excluding hydrogens is 1000 g/mol. The molecule has 1 amide bonds. The summed E-state index contributed by atoms with van der Waals surface area (Å²) >= 11 is 0. The van der Waals surface area contributed by atoms with Crippen LogP contribution in [0.15, 0.2) is 90.1 Å². The first-order valence-electron chi connectivity index (χ1n) is 25.8. The van der Waals surface area contributed by atoms with Gasteiger partial charge in [0.05, 0.1) is 34.3 Å². The molecule has 4 aliphatic rings. The molecule has 0 radical (unpaired) electrons. The normalized spacial score (nSPS) is 21.1. The molecule has 10 rings (SSSR count). The zero-order valence-corrected chi connectivity index (χ0v) is 43.6. The Morgan fingerprint density at radius 1 is 0.987 bits per heavy atom. The molecule has 2 saturated carbocycles. The third-order valence-corrected chi connectivity index (χ3v) is 17.0. The summed E-state index contributed by atoms with van der Waals surface area (Å²) in [5.41, 5.74) is 2.56. The minimum atomic E-state index is -4.77. The first-order valence-corrected chi connectivity index (χ1v) is 27.3. The summed E-state index contributed by atoms with van der Waals surface area (Å²) in [6.45, 7) is 12.5. The molecule has 4 N–H and O–H groups in total. The Hall–Kier alpha value is -6.81. The Bertz CT molecular complexity index is 3280. The quantitative estimate of drug-likeness (QED) is 0.0496. The number of fused-ring (bicyclic) bond motifs is 1. The third kappa shape index (κ3) is 10.9. The number of H-pyrrole nitrogens is 1. The minimum absolute atomic E-state index is 0.00322. The first-order chi connectivity index (χ1) is 36.3. The fourth-order valence-corrected chi connectivity index (χ4v) is 12.5. The second-order valence-electron chi connectivity index (χ2n) is 21.5. The predicted octanol–water partition coefficient (Wildman–Crippen LogP) is 9.60. The lowest BCUT2D eigenvalue weighted by atomic mass is 9.59. The van der Waals surface area contributed by atoms with Crippen molar-refractivity contribution >= 4 is 44.2 Å². The van der Waals surface area contributed by atoms with Crippen LogP contribution in [0.1, 0.15) is 105 Å². The summed E-state index contributed by atoms with van der Waals surface area (Å²) in [6.07, 6.45) is 6.51. The number of aromatic amines is 1. The van der Waals surface area contributed by atoms with Crippen LogP contribution in [0, 0.1) is 38.9 Å². The molecule has 3 aromatic heterocycles. The van der Waals surface area contributed by atoms with Crippen LogP contribution in [0.25, 0.3) is 11.0 Å². The van der Waals surface area contributed by atoms with E-state index in [1.807, 2.05) is 4.72 Å². The van der Waals surface area contributed by atoms with Gasteiger partial charge < -0.3 is 29.8 Å². The zero-order valence-electron chi connectivity index (χ0n) is 42.8. The molecule has 5 heterocycles. The van der Waals surface area contributed by atoms with Gasteiger partial charge in [-0.2, -0.15) is 4.98 Å². The number of carbonyl (C=O) groups is 1. The summed E-state index contributed by atoms with van der Waals surface area (Å²) in [5, 5.41) is 25.6. The minimum Gasteiger partial charge on any atom is -0.475 e. The predicted molar refractivity (Wildman–Crippen MR) is 280 cm³/mol. The number of hydrogen-bond donors (Lipinski definition) is 4. The molecule has 4 fully saturated rings. The summed E-state index contributed by atoms with van der Waals surface area (Å²) in [5.74, 6) is -3.29. The molecule has 17 nitrogen and oxygen atoms in total. The van der Waals surface area contributed by atoms with Gasteiger partial charge in [0.1, 0.15) is 22.1 Å². The summed E-state index contributed by atoms with van der Waals surface area (Å²) in [6, 6.07) is 20.0. The highest BCUT2D eigenvalue weighted by atomic mass is 32.2. The van der Waals surface area contributed by atoms with Gasteiger partial charge in [-0.15, -0.1) is 0 Å². The molecule has 21 heteroatoms. The van der Waals surface area contributed by atoms with Crippen molar-refractivity contribution in [1.82, 2.24) is 29.5 Å². The lowest BCUT2D eigenvalue weighted by Crippen LogP contribution is -2.68. The molecule has 0 unspecified atom stereocenters. The number of carbonyl (C=O) groups excluding carboxylic acids is 1. The van der Waals surface area contributed by atoms with Crippen LogP contribution in [0.5, 0.6) is 17.4 Å². The number of pyridine rings is 2. The van der Waals surface area contributed by atoms with E-state index in [1.54, 1.807) is 32.0 Å². The zero-order chi connectivity index (χ0) is 53.7. The number of benzene rings is 3. The van der Waals surface area contributed by atoms with Crippen LogP contribution >= 0.6 is 0 Å². The van der Waals surface area contributed by atoms with Crippen LogP contribution in [0.2, 0.25) is 0 Å². The van der Waals surface area contributed by atoms with Gasteiger partial charge in [-0.1, -0.05) is 44.2 Å². The lowest BCUT2D eigenvalue weighted by molar-refractivity contribution is -0.384. The van der Waals surface area contributed by atoms with Crippen molar-refractivity contribution in [2.24, 2.45) is 11.3 Å². The Labute approximate surface area is 439 Å². The second-order valence-corrected chi connectivity index (χ2v) is 23.2. The Morgan fingerprint density at radius 3 is 2.47 bits per heavy atom. The molecule has 76 heavy (non-hydrogen) atoms. The number of aromatic nitrogens is 3. The van der Waals surface area contributed by atoms with Crippen molar-refractivity contribution < 1.29 is 45.9 Å². The van der Waals surface area contributed by atoms with E-state index in [1.165, 1.54) is 35.4 Å². The van der Waals surface area contributed by atoms with Gasteiger partial charge in [-0.3, -0.25) is 24.7 Å². The number of piperazine rings is 1. The van der Waals surface area contributed by atoms with Gasteiger partial charge in [0, 0.05) is 93.4 Å². The van der Waals surface area contributed by atoms with Gasteiger partial charge >= 0.3 is 5.69 Å². The summed E-state index contributed by atoms with van der Waals surface area (Å²) in [7, 11) is -4.77. The van der Waals surface area contributed by atoms with Gasteiger partial charge in [0.25, 0.3) is 21.8 Å². The number of ether oxygens (including phenoxy) is 2. The second kappa shape index (κ2) is 21.0. The molecule has 2 saturated heterocycles. The highest BCUT2D eigenvalue weighted by molar-refractivity contribution is 7.90. The Kier molecular flexibility index (Phi) is 14.5. The largest absolute Gasteiger partial charge is 0.475 e. The average Bonchev–Trinajstić information content (AvgIpc) is 3.78. The van der Waals surface area contributed by atoms with E-state index in [-0.39, 0.29) is 63.8 Å². The number of sulfonamides is 1. The summed E-state index contributed by atoms with van der Waals surface area (Å²) < 4.78 is 85.0. The van der Waals surface area contributed by atoms with Crippen LogP contribution in [0.3, 0.4) is 0 Å². The van der Waals surface area contributed by atoms with E-state index in [4.69, 9.17) is 9.47 Å². The third-order valence-electron chi connectivity index (χ3n) is 15.7. The molecule has 0 bridgehead atoms. The number of nitrogens with one attached hydrogen (secondary N) is 3. The molecule has 402 valence electrons. The summed E-state index contributed by atoms with van der Waals surface area (Å²) in [4.78, 5) is 43.4. The van der Waals surface area contributed by atoms with Crippen LogP contribution in [-0.2, 0) is 16.6 Å². The van der Waals surface area contributed by atoms with Crippen molar-refractivity contribution in [3.63, 3.8) is 0 Å². The van der Waals surface area contributed by atoms with Crippen molar-refractivity contribution in [3.8, 4) is 17.4 Å². The number of anilines is 2. The highest BCUT2D eigenvalue weighted by Crippen LogP contribution is 2.54. The van der Waals surface area contributed by atoms with E-state index in [0.29, 0.717) is 69.5 Å². The maximum absolute atomic E-state index is 15.0. The van der Waals surface area contributed by atoms with Gasteiger partial charge in [0.15, 0.2) is 17.4 Å². The fraction of sp³-hybridized carbons (Fsp3) is 0.436. The number of amides is 1. The van der Waals surface area contributed by atoms with E-state index in [0.717, 1.165) is 56.5 Å². The number of nitro groups is 1. The van der Waals surface area contributed by atoms with E-state index in [9.17, 15) is 41.6 Å². The van der Waals surface area contributed by atoms with Gasteiger partial charge in [-0.05, 0) is 105 Å². The van der Waals surface area contributed by atoms with Crippen molar-refractivity contribution in [2.45, 2.75) is 101 Å². The number of halogens is 3. The van der Waals surface area contributed by atoms with E-state index < -0.39 is 54.5 Å². The number of rotatable bonds is 17. The van der Waals surface area contributed by atoms with E-state index in [2.05, 4.69) is 73.1 Å². The van der Waals surface area contributed by atoms with Crippen LogP contribution in [-0.4, -0.2) is 107 Å². The number of nitrogens with zero attached hydrogens (tertiary/aromatic N) is 6. The molecule has 1 spiro atoms. The Balaban J connectivity index is 0.875. The lowest BCUT2D eigenvalue weighted by Gasteiger charge is -2.63. The van der Waals surface area contributed by atoms with Crippen molar-refractivity contribution in [1.29, 1.82) is 0 Å². The van der Waals surface area contributed by atoms with Gasteiger partial charge in [-0.25, -0.2) is 31.3 Å². The molecular formula is C55H62F3N9O8S.